The van der Waals surface area contributed by atoms with Crippen LogP contribution in [0.4, 0.5) is 5.69 Å². The highest BCUT2D eigenvalue weighted by atomic mass is 79.9. The molecule has 2 rings (SSSR count). The topological polar surface area (TPSA) is 59.1 Å². The molecule has 0 radical (unpaired) electrons. The highest BCUT2D eigenvalue weighted by Crippen LogP contribution is 2.21. The molecule has 0 aliphatic carbocycles. The summed E-state index contributed by atoms with van der Waals surface area (Å²) < 4.78 is 28.3. The SMILES string of the molecule is Cc1cc(NS(=O)(=O)c2ccc(Br)cc2)cnc1Br. The Morgan fingerprint density at radius 3 is 2.37 bits per heavy atom. The highest BCUT2D eigenvalue weighted by molar-refractivity contribution is 9.10. The van der Waals surface area contributed by atoms with E-state index in [0.29, 0.717) is 10.3 Å². The first-order chi connectivity index (χ1) is 8.88. The van der Waals surface area contributed by atoms with Crippen molar-refractivity contribution in [1.82, 2.24) is 4.98 Å². The molecule has 0 fully saturated rings. The normalized spacial score (nSPS) is 11.3. The van der Waals surface area contributed by atoms with E-state index in [4.69, 9.17) is 0 Å². The standard InChI is InChI=1S/C12H10Br2N2O2S/c1-8-6-10(7-15-12(8)14)16-19(17,18)11-4-2-9(13)3-5-11/h2-7,16H,1H3. The lowest BCUT2D eigenvalue weighted by Gasteiger charge is -2.09. The molecule has 0 bridgehead atoms. The van der Waals surface area contributed by atoms with E-state index >= 15 is 0 Å². The molecule has 0 aliphatic heterocycles. The van der Waals surface area contributed by atoms with Gasteiger partial charge in [-0.3, -0.25) is 4.72 Å². The molecule has 2 aromatic rings. The minimum Gasteiger partial charge on any atom is -0.278 e. The van der Waals surface area contributed by atoms with Gasteiger partial charge in [-0.2, -0.15) is 0 Å². The van der Waals surface area contributed by atoms with E-state index in [1.807, 2.05) is 6.92 Å². The van der Waals surface area contributed by atoms with Crippen molar-refractivity contribution in [3.05, 3.63) is 51.2 Å². The maximum Gasteiger partial charge on any atom is 0.261 e. The van der Waals surface area contributed by atoms with Gasteiger partial charge >= 0.3 is 0 Å². The van der Waals surface area contributed by atoms with Crippen molar-refractivity contribution in [1.29, 1.82) is 0 Å². The third-order valence-corrected chi connectivity index (χ3v) is 5.15. The fourth-order valence-corrected chi connectivity index (χ4v) is 2.96. The van der Waals surface area contributed by atoms with Crippen LogP contribution in [0.5, 0.6) is 0 Å². The summed E-state index contributed by atoms with van der Waals surface area (Å²) in [6, 6.07) is 8.14. The van der Waals surface area contributed by atoms with Crippen LogP contribution in [0.2, 0.25) is 0 Å². The summed E-state index contributed by atoms with van der Waals surface area (Å²) in [5.41, 5.74) is 1.29. The number of halogens is 2. The second kappa shape index (κ2) is 5.60. The molecule has 1 heterocycles. The van der Waals surface area contributed by atoms with E-state index in [2.05, 4.69) is 41.6 Å². The van der Waals surface area contributed by atoms with Crippen molar-refractivity contribution in [2.45, 2.75) is 11.8 Å². The first kappa shape index (κ1) is 14.5. The Morgan fingerprint density at radius 2 is 1.79 bits per heavy atom. The molecule has 7 heteroatoms. The third-order valence-electron chi connectivity index (χ3n) is 2.39. The monoisotopic (exact) mass is 404 g/mol. The average Bonchev–Trinajstić information content (AvgIpc) is 2.34. The first-order valence-corrected chi connectivity index (χ1v) is 8.36. The number of anilines is 1. The number of aromatic nitrogens is 1. The number of aryl methyl sites for hydroxylation is 1. The van der Waals surface area contributed by atoms with E-state index < -0.39 is 10.0 Å². The number of hydrogen-bond donors (Lipinski definition) is 1. The van der Waals surface area contributed by atoms with Gasteiger partial charge in [-0.25, -0.2) is 13.4 Å². The van der Waals surface area contributed by atoms with Gasteiger partial charge in [0.1, 0.15) is 4.60 Å². The van der Waals surface area contributed by atoms with Gasteiger partial charge in [0, 0.05) is 4.47 Å². The Labute approximate surface area is 128 Å². The predicted octanol–water partition coefficient (Wildman–Crippen LogP) is 3.72. The summed E-state index contributed by atoms with van der Waals surface area (Å²) >= 11 is 6.53. The summed E-state index contributed by atoms with van der Waals surface area (Å²) in [6.07, 6.45) is 1.47. The van der Waals surface area contributed by atoms with Crippen LogP contribution < -0.4 is 4.72 Å². The number of nitrogens with one attached hydrogen (secondary N) is 1. The van der Waals surface area contributed by atoms with Crippen molar-refractivity contribution < 1.29 is 8.42 Å². The summed E-state index contributed by atoms with van der Waals surface area (Å²) in [7, 11) is -3.59. The second-order valence-corrected chi connectivity index (χ2v) is 7.24. The molecular weight excluding hydrogens is 396 g/mol. The highest BCUT2D eigenvalue weighted by Gasteiger charge is 2.14. The van der Waals surface area contributed by atoms with Crippen LogP contribution in [0.3, 0.4) is 0 Å². The zero-order valence-electron chi connectivity index (χ0n) is 9.89. The van der Waals surface area contributed by atoms with E-state index in [0.717, 1.165) is 10.0 Å². The van der Waals surface area contributed by atoms with Crippen molar-refractivity contribution in [2.24, 2.45) is 0 Å². The summed E-state index contributed by atoms with van der Waals surface area (Å²) in [6.45, 7) is 1.84. The molecule has 0 spiro atoms. The van der Waals surface area contributed by atoms with Gasteiger partial charge in [-0.1, -0.05) is 15.9 Å². The quantitative estimate of drug-likeness (QED) is 0.791. The molecule has 0 saturated carbocycles. The number of pyridine rings is 1. The molecule has 0 aliphatic rings. The van der Waals surface area contributed by atoms with E-state index in [1.54, 1.807) is 18.2 Å². The Morgan fingerprint density at radius 1 is 1.16 bits per heavy atom. The van der Waals surface area contributed by atoms with Gasteiger partial charge < -0.3 is 0 Å². The van der Waals surface area contributed by atoms with Gasteiger partial charge in [0.05, 0.1) is 16.8 Å². The maximum atomic E-state index is 12.1. The number of benzene rings is 1. The lowest BCUT2D eigenvalue weighted by molar-refractivity contribution is 0.601. The predicted molar refractivity (Wildman–Crippen MR) is 81.6 cm³/mol. The van der Waals surface area contributed by atoms with Crippen LogP contribution in [0.15, 0.2) is 50.5 Å². The van der Waals surface area contributed by atoms with Crippen molar-refractivity contribution in [3.63, 3.8) is 0 Å². The van der Waals surface area contributed by atoms with Crippen LogP contribution in [0.1, 0.15) is 5.56 Å². The summed E-state index contributed by atoms with van der Waals surface area (Å²) in [5.74, 6) is 0. The summed E-state index contributed by atoms with van der Waals surface area (Å²) in [4.78, 5) is 4.26. The molecule has 0 atom stereocenters. The zero-order chi connectivity index (χ0) is 14.0. The molecule has 1 aromatic heterocycles. The Bertz CT molecular complexity index is 700. The molecule has 19 heavy (non-hydrogen) atoms. The van der Waals surface area contributed by atoms with Crippen LogP contribution in [-0.4, -0.2) is 13.4 Å². The number of rotatable bonds is 3. The van der Waals surface area contributed by atoms with Crippen LogP contribution in [-0.2, 0) is 10.0 Å². The molecule has 0 saturated heterocycles. The zero-order valence-corrected chi connectivity index (χ0v) is 13.9. The minimum atomic E-state index is -3.59. The Kier molecular flexibility index (Phi) is 4.27. The molecule has 0 unspecified atom stereocenters. The van der Waals surface area contributed by atoms with E-state index in [1.165, 1.54) is 18.3 Å². The Hall–Kier alpha value is -0.920. The van der Waals surface area contributed by atoms with Crippen LogP contribution >= 0.6 is 31.9 Å². The third kappa shape index (κ3) is 3.55. The number of hydrogen-bond acceptors (Lipinski definition) is 3. The first-order valence-electron chi connectivity index (χ1n) is 5.29. The Balaban J connectivity index is 2.30. The molecule has 1 aromatic carbocycles. The van der Waals surface area contributed by atoms with Gasteiger partial charge in [0.15, 0.2) is 0 Å². The molecular formula is C12H10Br2N2O2S. The van der Waals surface area contributed by atoms with E-state index in [9.17, 15) is 8.42 Å². The molecule has 100 valence electrons. The molecule has 1 N–H and O–H groups in total. The molecule has 4 nitrogen and oxygen atoms in total. The second-order valence-electron chi connectivity index (χ2n) is 3.89. The van der Waals surface area contributed by atoms with E-state index in [-0.39, 0.29) is 4.90 Å². The minimum absolute atomic E-state index is 0.205. The number of sulfonamides is 1. The summed E-state index contributed by atoms with van der Waals surface area (Å²) in [5, 5.41) is 0. The lowest BCUT2D eigenvalue weighted by Crippen LogP contribution is -2.13. The average molecular weight is 406 g/mol. The fourth-order valence-electron chi connectivity index (χ4n) is 1.44. The van der Waals surface area contributed by atoms with Crippen LogP contribution in [0.25, 0.3) is 0 Å². The van der Waals surface area contributed by atoms with Crippen molar-refractivity contribution in [3.8, 4) is 0 Å². The van der Waals surface area contributed by atoms with Gasteiger partial charge in [-0.15, -0.1) is 0 Å². The lowest BCUT2D eigenvalue weighted by atomic mass is 10.3. The van der Waals surface area contributed by atoms with Crippen molar-refractivity contribution in [2.75, 3.05) is 4.72 Å². The maximum absolute atomic E-state index is 12.1. The van der Waals surface area contributed by atoms with Gasteiger partial charge in [0.2, 0.25) is 0 Å². The van der Waals surface area contributed by atoms with Crippen molar-refractivity contribution >= 4 is 47.6 Å². The largest absolute Gasteiger partial charge is 0.278 e. The number of nitrogens with zero attached hydrogens (tertiary/aromatic N) is 1. The van der Waals surface area contributed by atoms with Gasteiger partial charge in [-0.05, 0) is 58.7 Å². The van der Waals surface area contributed by atoms with Crippen LogP contribution in [0, 0.1) is 6.92 Å². The smallest absolute Gasteiger partial charge is 0.261 e. The van der Waals surface area contributed by atoms with Gasteiger partial charge in [0.25, 0.3) is 10.0 Å². The molecule has 0 amide bonds. The fraction of sp³-hybridized carbons (Fsp3) is 0.0833.